The Morgan fingerprint density at radius 1 is 1.43 bits per heavy atom. The van der Waals surface area contributed by atoms with Gasteiger partial charge in [0.15, 0.2) is 11.2 Å². The molecule has 1 aliphatic carbocycles. The highest BCUT2D eigenvalue weighted by Gasteiger charge is 2.44. The number of rotatable bonds is 7. The summed E-state index contributed by atoms with van der Waals surface area (Å²) in [7, 11) is -4.48. The Hall–Kier alpha value is -2.79. The first-order chi connectivity index (χ1) is 14.3. The average Bonchev–Trinajstić information content (AvgIpc) is 3.04. The van der Waals surface area contributed by atoms with E-state index in [4.69, 9.17) is 14.8 Å². The number of aromatic amines is 1. The lowest BCUT2D eigenvalue weighted by molar-refractivity contribution is -0.00488. The molecule has 1 aromatic carbocycles. The van der Waals surface area contributed by atoms with Crippen molar-refractivity contribution in [1.29, 1.82) is 0 Å². The Balaban J connectivity index is 1.43. The van der Waals surface area contributed by atoms with Crippen LogP contribution in [0.1, 0.15) is 12.5 Å². The van der Waals surface area contributed by atoms with E-state index in [9.17, 15) is 23.7 Å². The third-order valence-electron chi connectivity index (χ3n) is 5.13. The fourth-order valence-corrected chi connectivity index (χ4v) is 4.43. The second kappa shape index (κ2) is 7.80. The third kappa shape index (κ3) is 3.94. The number of nitrogens with two attached hydrogens (primary N) is 1. The van der Waals surface area contributed by atoms with Crippen molar-refractivity contribution in [1.82, 2.24) is 19.5 Å². The number of anilines is 1. The molecule has 5 N–H and O–H groups in total. The average molecular weight is 439 g/mol. The van der Waals surface area contributed by atoms with Crippen LogP contribution in [0.25, 0.3) is 11.2 Å². The van der Waals surface area contributed by atoms with Gasteiger partial charge in [-0.1, -0.05) is 6.07 Å². The predicted octanol–water partition coefficient (Wildman–Crippen LogP) is 1.21. The quantitative estimate of drug-likeness (QED) is 0.396. The zero-order valence-corrected chi connectivity index (χ0v) is 16.4. The van der Waals surface area contributed by atoms with Crippen molar-refractivity contribution in [2.24, 2.45) is 11.8 Å². The number of halogens is 1. The molecule has 0 bridgehead atoms. The maximum absolute atomic E-state index is 13.2. The normalized spacial score (nSPS) is 23.1. The Labute approximate surface area is 168 Å². The number of imidazole rings is 1. The number of fused-ring (bicyclic) bond motifs is 1. The maximum atomic E-state index is 13.2. The molecule has 2 aromatic heterocycles. The van der Waals surface area contributed by atoms with Crippen LogP contribution in [0.4, 0.5) is 10.3 Å². The van der Waals surface area contributed by atoms with Crippen LogP contribution in [0.3, 0.4) is 0 Å². The number of benzene rings is 1. The lowest BCUT2D eigenvalue weighted by Gasteiger charge is -2.44. The number of nitrogen functional groups attached to an aromatic ring is 1. The molecule has 0 saturated heterocycles. The lowest BCUT2D eigenvalue weighted by Crippen LogP contribution is -2.43. The number of aliphatic hydroxyl groups is 1. The molecular weight excluding hydrogens is 420 g/mol. The van der Waals surface area contributed by atoms with Gasteiger partial charge >= 0.3 is 7.82 Å². The summed E-state index contributed by atoms with van der Waals surface area (Å²) < 4.78 is 36.9. The van der Waals surface area contributed by atoms with Crippen molar-refractivity contribution in [2.75, 3.05) is 18.9 Å². The summed E-state index contributed by atoms with van der Waals surface area (Å²) in [6, 6.07) is 4.56. The number of nitrogens with zero attached hydrogens (tertiary/aromatic N) is 3. The minimum Gasteiger partial charge on any atom is -0.404 e. The highest BCUT2D eigenvalue weighted by molar-refractivity contribution is 7.47. The van der Waals surface area contributed by atoms with E-state index in [1.165, 1.54) is 24.5 Å². The van der Waals surface area contributed by atoms with Crippen molar-refractivity contribution in [3.63, 3.8) is 0 Å². The molecule has 160 valence electrons. The SMILES string of the molecule is Nc1nc2c(ncn2[C@@H]2C[C@H](COP(=O)(O)Oc3cccc(F)c3)[C@H]2CO)c(=O)[nH]1. The molecule has 0 spiro atoms. The summed E-state index contributed by atoms with van der Waals surface area (Å²) in [4.78, 5) is 32.3. The van der Waals surface area contributed by atoms with Gasteiger partial charge in [0.25, 0.3) is 5.56 Å². The summed E-state index contributed by atoms with van der Waals surface area (Å²) >= 11 is 0. The number of phosphoric acid groups is 1. The smallest absolute Gasteiger partial charge is 0.404 e. The molecule has 1 unspecified atom stereocenters. The number of hydrogen-bond donors (Lipinski definition) is 4. The Morgan fingerprint density at radius 2 is 2.23 bits per heavy atom. The number of aliphatic hydroxyl groups excluding tert-OH is 1. The first-order valence-corrected chi connectivity index (χ1v) is 10.5. The first-order valence-electron chi connectivity index (χ1n) is 9.03. The molecule has 3 aromatic rings. The van der Waals surface area contributed by atoms with Gasteiger partial charge in [0, 0.05) is 24.6 Å². The molecular formula is C17H19FN5O6P. The summed E-state index contributed by atoms with van der Waals surface area (Å²) in [6.45, 7) is -0.384. The molecule has 1 fully saturated rings. The van der Waals surface area contributed by atoms with E-state index in [1.54, 1.807) is 4.57 Å². The van der Waals surface area contributed by atoms with E-state index >= 15 is 0 Å². The largest absolute Gasteiger partial charge is 0.527 e. The highest BCUT2D eigenvalue weighted by Crippen LogP contribution is 2.49. The van der Waals surface area contributed by atoms with Gasteiger partial charge in [-0.3, -0.25) is 19.2 Å². The number of aromatic nitrogens is 4. The molecule has 0 amide bonds. The standard InChI is InChI=1S/C17H19FN5O6P/c18-10-2-1-3-11(5-10)29-30(26,27)28-7-9-4-13(12(9)6-24)23-8-20-14-15(23)21-17(19)22-16(14)25/h1-3,5,8-9,12-13,24H,4,6-7H2,(H,26,27)(H3,19,21,22,25)/t9-,12-,13-/m1/s1. The third-order valence-corrected chi connectivity index (χ3v) is 6.05. The number of H-pyrrole nitrogens is 1. The van der Waals surface area contributed by atoms with Gasteiger partial charge in [-0.15, -0.1) is 0 Å². The van der Waals surface area contributed by atoms with Crippen LogP contribution in [0.15, 0.2) is 35.4 Å². The van der Waals surface area contributed by atoms with Gasteiger partial charge in [-0.05, 0) is 24.5 Å². The molecule has 4 rings (SSSR count). The molecule has 2 heterocycles. The predicted molar refractivity (Wildman–Crippen MR) is 103 cm³/mol. The molecule has 13 heteroatoms. The van der Waals surface area contributed by atoms with E-state index in [0.717, 1.165) is 6.07 Å². The van der Waals surface area contributed by atoms with Gasteiger partial charge in [-0.2, -0.15) is 4.98 Å². The van der Waals surface area contributed by atoms with Crippen LogP contribution in [0.2, 0.25) is 0 Å². The summed E-state index contributed by atoms with van der Waals surface area (Å²) in [5.74, 6) is -1.39. The van der Waals surface area contributed by atoms with Gasteiger partial charge in [0.1, 0.15) is 11.6 Å². The fraction of sp³-hybridized carbons (Fsp3) is 0.353. The summed E-state index contributed by atoms with van der Waals surface area (Å²) in [5, 5.41) is 9.80. The van der Waals surface area contributed by atoms with E-state index in [1.807, 2.05) is 0 Å². The van der Waals surface area contributed by atoms with Crippen molar-refractivity contribution in [2.45, 2.75) is 12.5 Å². The van der Waals surface area contributed by atoms with E-state index < -0.39 is 19.2 Å². The van der Waals surface area contributed by atoms with Gasteiger partial charge in [-0.25, -0.2) is 13.9 Å². The van der Waals surface area contributed by atoms with Crippen molar-refractivity contribution < 1.29 is 28.0 Å². The van der Waals surface area contributed by atoms with Crippen molar-refractivity contribution >= 4 is 24.9 Å². The first kappa shape index (κ1) is 20.5. The number of nitrogens with one attached hydrogen (secondary N) is 1. The van der Waals surface area contributed by atoms with Crippen LogP contribution in [-0.2, 0) is 9.09 Å². The van der Waals surface area contributed by atoms with Crippen LogP contribution < -0.4 is 15.8 Å². The van der Waals surface area contributed by atoms with Gasteiger partial charge < -0.3 is 19.9 Å². The minimum atomic E-state index is -4.48. The highest BCUT2D eigenvalue weighted by atomic mass is 31.2. The lowest BCUT2D eigenvalue weighted by atomic mass is 9.70. The Bertz CT molecular complexity index is 1180. The summed E-state index contributed by atoms with van der Waals surface area (Å²) in [6.07, 6.45) is 1.92. The van der Waals surface area contributed by atoms with Crippen molar-refractivity contribution in [3.05, 3.63) is 46.8 Å². The Morgan fingerprint density at radius 3 is 2.97 bits per heavy atom. The zero-order chi connectivity index (χ0) is 21.5. The van der Waals surface area contributed by atoms with Crippen LogP contribution in [-0.4, -0.2) is 42.7 Å². The van der Waals surface area contributed by atoms with E-state index in [2.05, 4.69) is 15.0 Å². The van der Waals surface area contributed by atoms with Gasteiger partial charge in [0.2, 0.25) is 5.95 Å². The van der Waals surface area contributed by atoms with Crippen LogP contribution in [0.5, 0.6) is 5.75 Å². The zero-order valence-electron chi connectivity index (χ0n) is 15.5. The molecule has 30 heavy (non-hydrogen) atoms. The van der Waals surface area contributed by atoms with Crippen LogP contribution in [0, 0.1) is 17.7 Å². The van der Waals surface area contributed by atoms with E-state index in [0.29, 0.717) is 12.1 Å². The number of phosphoric ester groups is 1. The maximum Gasteiger partial charge on any atom is 0.527 e. The monoisotopic (exact) mass is 439 g/mol. The molecule has 1 saturated carbocycles. The molecule has 11 nitrogen and oxygen atoms in total. The second-order valence-electron chi connectivity index (χ2n) is 7.00. The van der Waals surface area contributed by atoms with Gasteiger partial charge in [0.05, 0.1) is 12.9 Å². The molecule has 1 aliphatic rings. The molecule has 0 aliphatic heterocycles. The minimum absolute atomic E-state index is 0.0512. The second-order valence-corrected chi connectivity index (χ2v) is 8.38. The Kier molecular flexibility index (Phi) is 5.33. The van der Waals surface area contributed by atoms with Crippen LogP contribution >= 0.6 is 7.82 Å². The van der Waals surface area contributed by atoms with E-state index in [-0.39, 0.29) is 48.3 Å². The number of hydrogen-bond acceptors (Lipinski definition) is 8. The van der Waals surface area contributed by atoms with Crippen molar-refractivity contribution in [3.8, 4) is 5.75 Å². The fourth-order valence-electron chi connectivity index (χ4n) is 3.62. The topological polar surface area (TPSA) is 166 Å². The molecule has 0 radical (unpaired) electrons. The summed E-state index contributed by atoms with van der Waals surface area (Å²) in [5.41, 5.74) is 5.56. The molecule has 4 atom stereocenters.